The summed E-state index contributed by atoms with van der Waals surface area (Å²) in [5, 5.41) is 0. The number of carbonyl (C=O) groups is 2. The standard InChI is InChI=1S/C23H40Cl2N2O2/c1-3-5-7-9-11-13-15-26-19(24)17-23(21(26)28)18-20(25)27(22(23)29)16-14-12-10-8-6-4-2/h19-20H,3-18H2,1-2H3. The van der Waals surface area contributed by atoms with E-state index in [1.165, 1.54) is 51.4 Å². The van der Waals surface area contributed by atoms with Gasteiger partial charge in [-0.2, -0.15) is 0 Å². The molecule has 6 heteroatoms. The Hall–Kier alpha value is -0.480. The van der Waals surface area contributed by atoms with Gasteiger partial charge in [-0.05, 0) is 12.8 Å². The largest absolute Gasteiger partial charge is 0.325 e. The maximum absolute atomic E-state index is 13.2. The molecule has 168 valence electrons. The molecular weight excluding hydrogens is 407 g/mol. The van der Waals surface area contributed by atoms with Gasteiger partial charge in [-0.15, -0.1) is 0 Å². The quantitative estimate of drug-likeness (QED) is 0.136. The summed E-state index contributed by atoms with van der Waals surface area (Å²) < 4.78 is 0. The van der Waals surface area contributed by atoms with Crippen LogP contribution in [0.2, 0.25) is 0 Å². The van der Waals surface area contributed by atoms with Crippen LogP contribution in [-0.4, -0.2) is 45.7 Å². The molecule has 0 bridgehead atoms. The van der Waals surface area contributed by atoms with Crippen LogP contribution in [0.3, 0.4) is 0 Å². The molecule has 0 aromatic rings. The lowest BCUT2D eigenvalue weighted by atomic mass is 9.84. The molecule has 2 unspecified atom stereocenters. The first-order chi connectivity index (χ1) is 14.0. The molecule has 0 aliphatic carbocycles. The first-order valence-corrected chi connectivity index (χ1v) is 12.8. The molecule has 2 saturated heterocycles. The average Bonchev–Trinajstić information content (AvgIpc) is 3.07. The summed E-state index contributed by atoms with van der Waals surface area (Å²) in [7, 11) is 0. The van der Waals surface area contributed by atoms with Crippen molar-refractivity contribution in [3.8, 4) is 0 Å². The first-order valence-electron chi connectivity index (χ1n) is 11.9. The van der Waals surface area contributed by atoms with E-state index in [0.29, 0.717) is 25.9 Å². The highest BCUT2D eigenvalue weighted by atomic mass is 35.5. The van der Waals surface area contributed by atoms with Crippen LogP contribution in [0.5, 0.6) is 0 Å². The van der Waals surface area contributed by atoms with E-state index in [1.54, 1.807) is 9.80 Å². The lowest BCUT2D eigenvalue weighted by Gasteiger charge is -2.23. The van der Waals surface area contributed by atoms with E-state index in [4.69, 9.17) is 23.2 Å². The number of alkyl halides is 2. The van der Waals surface area contributed by atoms with E-state index in [9.17, 15) is 9.59 Å². The summed E-state index contributed by atoms with van der Waals surface area (Å²) in [4.78, 5) is 29.8. The van der Waals surface area contributed by atoms with Crippen molar-refractivity contribution in [1.29, 1.82) is 0 Å². The van der Waals surface area contributed by atoms with Gasteiger partial charge in [-0.1, -0.05) is 101 Å². The minimum atomic E-state index is -1.01. The Morgan fingerprint density at radius 3 is 1.41 bits per heavy atom. The highest BCUT2D eigenvalue weighted by molar-refractivity contribution is 6.27. The number of hydrogen-bond donors (Lipinski definition) is 0. The molecule has 0 N–H and O–H groups in total. The van der Waals surface area contributed by atoms with Gasteiger partial charge in [0, 0.05) is 25.9 Å². The third kappa shape index (κ3) is 6.26. The Bertz CT molecular complexity index is 483. The summed E-state index contributed by atoms with van der Waals surface area (Å²) >= 11 is 13.1. The predicted molar refractivity (Wildman–Crippen MR) is 121 cm³/mol. The zero-order chi connectivity index (χ0) is 21.3. The molecule has 1 spiro atoms. The molecule has 0 saturated carbocycles. The molecule has 0 aromatic carbocycles. The van der Waals surface area contributed by atoms with Crippen molar-refractivity contribution in [2.75, 3.05) is 13.1 Å². The van der Waals surface area contributed by atoms with Gasteiger partial charge in [0.1, 0.15) is 16.4 Å². The van der Waals surface area contributed by atoms with Crippen molar-refractivity contribution in [3.63, 3.8) is 0 Å². The summed E-state index contributed by atoms with van der Waals surface area (Å²) in [5.41, 5.74) is -1.79. The fraction of sp³-hybridized carbons (Fsp3) is 0.913. The summed E-state index contributed by atoms with van der Waals surface area (Å²) in [6.45, 7) is 5.72. The second kappa shape index (κ2) is 12.4. The van der Waals surface area contributed by atoms with Crippen LogP contribution < -0.4 is 0 Å². The van der Waals surface area contributed by atoms with Gasteiger partial charge in [0.2, 0.25) is 11.8 Å². The smallest absolute Gasteiger partial charge is 0.239 e. The Kier molecular flexibility index (Phi) is 10.6. The van der Waals surface area contributed by atoms with Gasteiger partial charge in [-0.25, -0.2) is 0 Å². The molecule has 4 nitrogen and oxygen atoms in total. The van der Waals surface area contributed by atoms with E-state index in [-0.39, 0.29) is 22.8 Å². The van der Waals surface area contributed by atoms with Gasteiger partial charge in [0.25, 0.3) is 0 Å². The van der Waals surface area contributed by atoms with E-state index in [2.05, 4.69) is 13.8 Å². The number of carbonyl (C=O) groups excluding carboxylic acids is 2. The van der Waals surface area contributed by atoms with E-state index >= 15 is 0 Å². The van der Waals surface area contributed by atoms with Crippen LogP contribution in [-0.2, 0) is 9.59 Å². The zero-order valence-electron chi connectivity index (χ0n) is 18.4. The van der Waals surface area contributed by atoms with Crippen molar-refractivity contribution in [2.45, 2.75) is 115 Å². The Labute approximate surface area is 187 Å². The molecule has 29 heavy (non-hydrogen) atoms. The number of unbranched alkanes of at least 4 members (excludes halogenated alkanes) is 10. The number of amides is 2. The van der Waals surface area contributed by atoms with Gasteiger partial charge in [-0.3, -0.25) is 9.59 Å². The summed E-state index contributed by atoms with van der Waals surface area (Å²) in [6.07, 6.45) is 14.8. The first kappa shape index (κ1) is 24.8. The molecule has 2 heterocycles. The predicted octanol–water partition coefficient (Wildman–Crippen LogP) is 6.29. The lowest BCUT2D eigenvalue weighted by Crippen LogP contribution is -2.42. The van der Waals surface area contributed by atoms with E-state index < -0.39 is 5.41 Å². The minimum absolute atomic E-state index is 0.0906. The van der Waals surface area contributed by atoms with Crippen molar-refractivity contribution in [1.82, 2.24) is 9.80 Å². The second-order valence-electron chi connectivity index (χ2n) is 8.89. The van der Waals surface area contributed by atoms with E-state index in [0.717, 1.165) is 25.7 Å². The van der Waals surface area contributed by atoms with Crippen LogP contribution in [0.25, 0.3) is 0 Å². The van der Waals surface area contributed by atoms with Crippen LogP contribution >= 0.6 is 23.2 Å². The van der Waals surface area contributed by atoms with Crippen molar-refractivity contribution < 1.29 is 9.59 Å². The third-order valence-corrected chi connectivity index (χ3v) is 7.34. The number of halogens is 2. The molecular formula is C23H40Cl2N2O2. The van der Waals surface area contributed by atoms with Gasteiger partial charge in [0.05, 0.1) is 0 Å². The van der Waals surface area contributed by atoms with Gasteiger partial charge >= 0.3 is 0 Å². The van der Waals surface area contributed by atoms with Gasteiger partial charge < -0.3 is 9.80 Å². The molecule has 2 amide bonds. The Morgan fingerprint density at radius 1 is 0.690 bits per heavy atom. The maximum atomic E-state index is 13.2. The number of nitrogens with zero attached hydrogens (tertiary/aromatic N) is 2. The number of likely N-dealkylation sites (tertiary alicyclic amines) is 2. The van der Waals surface area contributed by atoms with Crippen molar-refractivity contribution in [2.24, 2.45) is 5.41 Å². The fourth-order valence-corrected chi connectivity index (χ4v) is 5.63. The lowest BCUT2D eigenvalue weighted by molar-refractivity contribution is -0.146. The van der Waals surface area contributed by atoms with E-state index in [1.807, 2.05) is 0 Å². The Morgan fingerprint density at radius 2 is 1.03 bits per heavy atom. The molecule has 0 aromatic heterocycles. The molecule has 2 rings (SSSR count). The van der Waals surface area contributed by atoms with Crippen LogP contribution in [0.15, 0.2) is 0 Å². The Balaban J connectivity index is 1.84. The highest BCUT2D eigenvalue weighted by Crippen LogP contribution is 2.49. The van der Waals surface area contributed by atoms with Crippen LogP contribution in [0.1, 0.15) is 104 Å². The minimum Gasteiger partial charge on any atom is -0.325 e. The summed E-state index contributed by atoms with van der Waals surface area (Å²) in [6, 6.07) is 0. The SMILES string of the molecule is CCCCCCCCN1C(=O)C2(CC1Cl)CC(Cl)N(CCCCCCCC)C2=O. The monoisotopic (exact) mass is 446 g/mol. The van der Waals surface area contributed by atoms with Crippen molar-refractivity contribution >= 4 is 35.0 Å². The molecule has 2 aliphatic rings. The molecule has 2 atom stereocenters. The third-order valence-electron chi connectivity index (χ3n) is 6.56. The fourth-order valence-electron chi connectivity index (χ4n) is 4.73. The second-order valence-corrected chi connectivity index (χ2v) is 9.90. The average molecular weight is 447 g/mol. The zero-order valence-corrected chi connectivity index (χ0v) is 19.9. The molecule has 2 aliphatic heterocycles. The molecule has 0 radical (unpaired) electrons. The maximum Gasteiger partial charge on any atom is 0.239 e. The highest BCUT2D eigenvalue weighted by Gasteiger charge is 2.62. The summed E-state index contributed by atoms with van der Waals surface area (Å²) in [5.74, 6) is -0.181. The normalized spacial score (nSPS) is 27.0. The number of rotatable bonds is 14. The van der Waals surface area contributed by atoms with Gasteiger partial charge in [0.15, 0.2) is 0 Å². The molecule has 2 fully saturated rings. The topological polar surface area (TPSA) is 40.6 Å². The van der Waals surface area contributed by atoms with Crippen LogP contribution in [0.4, 0.5) is 0 Å². The van der Waals surface area contributed by atoms with Crippen molar-refractivity contribution in [3.05, 3.63) is 0 Å². The number of hydrogen-bond acceptors (Lipinski definition) is 2. The van der Waals surface area contributed by atoms with Crippen LogP contribution in [0, 0.1) is 5.41 Å².